The van der Waals surface area contributed by atoms with Gasteiger partial charge in [-0.15, -0.1) is 11.3 Å². The highest BCUT2D eigenvalue weighted by Crippen LogP contribution is 2.39. The van der Waals surface area contributed by atoms with Crippen molar-refractivity contribution in [1.29, 1.82) is 0 Å². The molecule has 0 atom stereocenters. The summed E-state index contributed by atoms with van der Waals surface area (Å²) in [5.41, 5.74) is -0.180. The van der Waals surface area contributed by atoms with Gasteiger partial charge in [-0.05, 0) is 57.3 Å². The molecule has 1 aromatic heterocycles. The van der Waals surface area contributed by atoms with Crippen LogP contribution in [0.25, 0.3) is 0 Å². The summed E-state index contributed by atoms with van der Waals surface area (Å²) in [6.07, 6.45) is 0. The molecule has 0 spiro atoms. The third-order valence-electron chi connectivity index (χ3n) is 4.79. The van der Waals surface area contributed by atoms with E-state index in [1.54, 1.807) is 43.0 Å². The van der Waals surface area contributed by atoms with Crippen LogP contribution in [-0.2, 0) is 9.59 Å². The Kier molecular flexibility index (Phi) is 5.56. The number of hydrogen-bond acceptors (Lipinski definition) is 5. The molecule has 2 aromatic rings. The fourth-order valence-electron chi connectivity index (χ4n) is 3.23. The normalized spacial score (nSPS) is 15.0. The van der Waals surface area contributed by atoms with Crippen molar-refractivity contribution in [3.63, 3.8) is 0 Å². The molecule has 7 heteroatoms. The minimum Gasteiger partial charge on any atom is -0.476 e. The summed E-state index contributed by atoms with van der Waals surface area (Å²) in [5, 5.41) is 1.84. The number of amides is 2. The number of ketones is 1. The average molecular weight is 401 g/mol. The molecule has 0 aliphatic carbocycles. The summed E-state index contributed by atoms with van der Waals surface area (Å²) in [7, 11) is 0. The predicted molar refractivity (Wildman–Crippen MR) is 109 cm³/mol. The zero-order valence-electron chi connectivity index (χ0n) is 16.5. The Balaban J connectivity index is 2.00. The summed E-state index contributed by atoms with van der Waals surface area (Å²) >= 11 is 1.36. The molecular formula is C21H24N2O4S. The molecule has 1 aliphatic heterocycles. The van der Waals surface area contributed by atoms with Gasteiger partial charge in [0.1, 0.15) is 12.3 Å². The third kappa shape index (κ3) is 3.67. The topological polar surface area (TPSA) is 66.9 Å². The number of hydrogen-bond donors (Lipinski definition) is 0. The molecule has 1 aliphatic rings. The highest BCUT2D eigenvalue weighted by molar-refractivity contribution is 7.12. The Hall–Kier alpha value is -2.67. The predicted octanol–water partition coefficient (Wildman–Crippen LogP) is 3.35. The van der Waals surface area contributed by atoms with Crippen molar-refractivity contribution in [3.05, 3.63) is 46.2 Å². The van der Waals surface area contributed by atoms with E-state index in [2.05, 4.69) is 0 Å². The van der Waals surface area contributed by atoms with Gasteiger partial charge in [0.05, 0.1) is 10.6 Å². The number of anilines is 1. The second-order valence-corrected chi connectivity index (χ2v) is 8.01. The van der Waals surface area contributed by atoms with Gasteiger partial charge in [0.2, 0.25) is 11.7 Å². The van der Waals surface area contributed by atoms with Crippen molar-refractivity contribution >= 4 is 34.6 Å². The third-order valence-corrected chi connectivity index (χ3v) is 5.66. The smallest absolute Gasteiger partial charge is 0.271 e. The number of fused-ring (bicyclic) bond motifs is 1. The average Bonchev–Trinajstić information content (AvgIpc) is 3.20. The molecule has 148 valence electrons. The van der Waals surface area contributed by atoms with Crippen LogP contribution >= 0.6 is 11.3 Å². The van der Waals surface area contributed by atoms with Gasteiger partial charge in [0, 0.05) is 18.7 Å². The number of benzene rings is 1. The fourth-order valence-corrected chi connectivity index (χ4v) is 3.91. The minimum absolute atomic E-state index is 0.0864. The van der Waals surface area contributed by atoms with E-state index in [4.69, 9.17) is 4.74 Å². The monoisotopic (exact) mass is 400 g/mol. The SMILES string of the molecule is CCN(CC)C(=O)CN1C(=O)C(C)(C)Oc2ccc(C(=O)c3cccs3)cc21. The van der Waals surface area contributed by atoms with Crippen LogP contribution in [-0.4, -0.2) is 47.7 Å². The first-order chi connectivity index (χ1) is 13.3. The lowest BCUT2D eigenvalue weighted by atomic mass is 10.0. The Morgan fingerprint density at radius 1 is 1.18 bits per heavy atom. The lowest BCUT2D eigenvalue weighted by Crippen LogP contribution is -2.55. The van der Waals surface area contributed by atoms with E-state index in [9.17, 15) is 14.4 Å². The van der Waals surface area contributed by atoms with Crippen LogP contribution in [0.3, 0.4) is 0 Å². The number of ether oxygens (including phenoxy) is 1. The first-order valence-corrected chi connectivity index (χ1v) is 10.2. The van der Waals surface area contributed by atoms with Crippen LogP contribution in [0.2, 0.25) is 0 Å². The molecule has 0 saturated heterocycles. The van der Waals surface area contributed by atoms with Crippen molar-refractivity contribution < 1.29 is 19.1 Å². The van der Waals surface area contributed by atoms with Crippen LogP contribution < -0.4 is 9.64 Å². The van der Waals surface area contributed by atoms with E-state index >= 15 is 0 Å². The van der Waals surface area contributed by atoms with E-state index in [-0.39, 0.29) is 24.1 Å². The largest absolute Gasteiger partial charge is 0.476 e. The molecule has 6 nitrogen and oxygen atoms in total. The van der Waals surface area contributed by atoms with E-state index < -0.39 is 5.60 Å². The molecule has 0 fully saturated rings. The quantitative estimate of drug-likeness (QED) is 0.698. The first kappa shape index (κ1) is 20.1. The molecule has 0 N–H and O–H groups in total. The second-order valence-electron chi connectivity index (χ2n) is 7.06. The summed E-state index contributed by atoms with van der Waals surface area (Å²) in [6.45, 7) is 8.21. The molecule has 3 rings (SSSR count). The van der Waals surface area contributed by atoms with Gasteiger partial charge in [0.15, 0.2) is 5.60 Å². The summed E-state index contributed by atoms with van der Waals surface area (Å²) in [5.74, 6) is -0.0806. The maximum absolute atomic E-state index is 13.0. The lowest BCUT2D eigenvalue weighted by molar-refractivity contribution is -0.136. The van der Waals surface area contributed by atoms with Gasteiger partial charge in [-0.1, -0.05) is 6.07 Å². The van der Waals surface area contributed by atoms with E-state index in [1.807, 2.05) is 25.3 Å². The number of thiophene rings is 1. The minimum atomic E-state index is -1.09. The standard InChI is InChI=1S/C21H24N2O4S/c1-5-22(6-2)18(24)13-23-15-12-14(19(25)17-8-7-11-28-17)9-10-16(15)27-21(3,4)20(23)26/h7-12H,5-6,13H2,1-4H3. The van der Waals surface area contributed by atoms with Gasteiger partial charge < -0.3 is 9.64 Å². The van der Waals surface area contributed by atoms with E-state index in [0.717, 1.165) is 0 Å². The van der Waals surface area contributed by atoms with Gasteiger partial charge in [-0.3, -0.25) is 19.3 Å². The molecule has 0 saturated carbocycles. The van der Waals surface area contributed by atoms with Gasteiger partial charge >= 0.3 is 0 Å². The van der Waals surface area contributed by atoms with Gasteiger partial charge in [0.25, 0.3) is 5.91 Å². The van der Waals surface area contributed by atoms with Crippen molar-refractivity contribution in [3.8, 4) is 5.75 Å². The second kappa shape index (κ2) is 7.75. The van der Waals surface area contributed by atoms with Crippen molar-refractivity contribution in [1.82, 2.24) is 4.90 Å². The molecule has 0 unspecified atom stereocenters. The summed E-state index contributed by atoms with van der Waals surface area (Å²) in [4.78, 5) is 42.1. The molecule has 0 bridgehead atoms. The Morgan fingerprint density at radius 3 is 2.50 bits per heavy atom. The molecular weight excluding hydrogens is 376 g/mol. The first-order valence-electron chi connectivity index (χ1n) is 9.29. The molecule has 1 aromatic carbocycles. The molecule has 2 heterocycles. The summed E-state index contributed by atoms with van der Waals surface area (Å²) < 4.78 is 5.86. The zero-order valence-corrected chi connectivity index (χ0v) is 17.3. The number of likely N-dealkylation sites (N-methyl/N-ethyl adjacent to an activating group) is 1. The Bertz CT molecular complexity index is 901. The van der Waals surface area contributed by atoms with Crippen LogP contribution in [0.4, 0.5) is 5.69 Å². The highest BCUT2D eigenvalue weighted by atomic mass is 32.1. The lowest BCUT2D eigenvalue weighted by Gasteiger charge is -2.39. The van der Waals surface area contributed by atoms with Crippen LogP contribution in [0.1, 0.15) is 42.9 Å². The van der Waals surface area contributed by atoms with Gasteiger partial charge in [-0.2, -0.15) is 0 Å². The van der Waals surface area contributed by atoms with Crippen LogP contribution in [0, 0.1) is 0 Å². The van der Waals surface area contributed by atoms with E-state index in [1.165, 1.54) is 16.2 Å². The highest BCUT2D eigenvalue weighted by Gasteiger charge is 2.42. The molecule has 0 radical (unpaired) electrons. The maximum atomic E-state index is 13.0. The maximum Gasteiger partial charge on any atom is 0.271 e. The van der Waals surface area contributed by atoms with Crippen molar-refractivity contribution in [2.45, 2.75) is 33.3 Å². The number of carbonyl (C=O) groups excluding carboxylic acids is 3. The molecule has 28 heavy (non-hydrogen) atoms. The Morgan fingerprint density at radius 2 is 1.89 bits per heavy atom. The molecule has 2 amide bonds. The number of nitrogens with zero attached hydrogens (tertiary/aromatic N) is 2. The van der Waals surface area contributed by atoms with Gasteiger partial charge in [-0.25, -0.2) is 0 Å². The van der Waals surface area contributed by atoms with E-state index in [0.29, 0.717) is 35.0 Å². The number of rotatable bonds is 6. The Labute approximate surface area is 168 Å². The van der Waals surface area contributed by atoms with Crippen molar-refractivity contribution in [2.24, 2.45) is 0 Å². The van der Waals surface area contributed by atoms with Crippen LogP contribution in [0.15, 0.2) is 35.7 Å². The number of carbonyl (C=O) groups is 3. The summed E-state index contributed by atoms with van der Waals surface area (Å²) in [6, 6.07) is 8.61. The zero-order chi connectivity index (χ0) is 20.5. The fraction of sp³-hybridized carbons (Fsp3) is 0.381. The van der Waals surface area contributed by atoms with Crippen LogP contribution in [0.5, 0.6) is 5.75 Å². The van der Waals surface area contributed by atoms with Crippen molar-refractivity contribution in [2.75, 3.05) is 24.5 Å².